The third-order valence-electron chi connectivity index (χ3n) is 2.06. The fraction of sp³-hybridized carbons (Fsp3) is 0.300. The first-order chi connectivity index (χ1) is 8.70. The lowest BCUT2D eigenvalue weighted by Gasteiger charge is -2.11. The van der Waals surface area contributed by atoms with E-state index in [-0.39, 0.29) is 0 Å². The van der Waals surface area contributed by atoms with Gasteiger partial charge in [-0.1, -0.05) is 6.07 Å². The number of nitrogens with zero attached hydrogens (tertiary/aromatic N) is 1. The van der Waals surface area contributed by atoms with Gasteiger partial charge in [0.2, 0.25) is 5.91 Å². The number of nitrogens with one attached hydrogen (secondary N) is 1. The van der Waals surface area contributed by atoms with Gasteiger partial charge in [-0.3, -0.25) is 14.2 Å². The Morgan fingerprint density at radius 2 is 1.95 bits per heavy atom. The van der Waals surface area contributed by atoms with E-state index >= 15 is 0 Å². The molecule has 1 aromatic heterocycles. The van der Waals surface area contributed by atoms with Gasteiger partial charge < -0.3 is 10.4 Å². The molecule has 1 aromatic rings. The molecule has 1 heterocycles. The molecule has 6 nitrogen and oxygen atoms in total. The van der Waals surface area contributed by atoms with Gasteiger partial charge in [-0.25, -0.2) is 4.79 Å². The van der Waals surface area contributed by atoms with Gasteiger partial charge in [0.25, 0.3) is 5.56 Å². The van der Waals surface area contributed by atoms with Crippen molar-refractivity contribution in [2.45, 2.75) is 12.7 Å². The summed E-state index contributed by atoms with van der Waals surface area (Å²) in [5.41, 5.74) is -1.27. The standard InChI is InChI=1S/C10H9F3N2O4/c11-10(12,13)5-14-7(16)4-15-6(9(18)19)2-1-3-8(15)17/h1-3H,4-5H2,(H,14,16)(H,18,19). The Morgan fingerprint density at radius 1 is 1.32 bits per heavy atom. The SMILES string of the molecule is O=C(Cn1c(C(=O)O)cccc1=O)NCC(F)(F)F. The van der Waals surface area contributed by atoms with Crippen LogP contribution in [0.25, 0.3) is 0 Å². The maximum absolute atomic E-state index is 11.9. The molecule has 0 radical (unpaired) electrons. The van der Waals surface area contributed by atoms with Crippen LogP contribution in [0.5, 0.6) is 0 Å². The molecule has 0 atom stereocenters. The summed E-state index contributed by atoms with van der Waals surface area (Å²) in [5, 5.41) is 10.3. The van der Waals surface area contributed by atoms with Crippen LogP contribution in [0.4, 0.5) is 13.2 Å². The van der Waals surface area contributed by atoms with E-state index in [1.165, 1.54) is 6.07 Å². The minimum atomic E-state index is -4.58. The number of aromatic nitrogens is 1. The fourth-order valence-electron chi connectivity index (χ4n) is 1.27. The molecule has 9 heteroatoms. The first kappa shape index (κ1) is 14.7. The molecule has 0 aromatic carbocycles. The molecule has 0 aliphatic carbocycles. The predicted octanol–water partition coefficient (Wildman–Crippen LogP) is 0.225. The molecule has 0 saturated heterocycles. The number of alkyl halides is 3. The second-order valence-electron chi connectivity index (χ2n) is 3.53. The third kappa shape index (κ3) is 4.45. The van der Waals surface area contributed by atoms with Crippen LogP contribution in [0.15, 0.2) is 23.0 Å². The van der Waals surface area contributed by atoms with Crippen LogP contribution in [-0.4, -0.2) is 34.3 Å². The summed E-state index contributed by atoms with van der Waals surface area (Å²) in [5.74, 6) is -2.56. The van der Waals surface area contributed by atoms with Crippen LogP contribution in [0.1, 0.15) is 10.5 Å². The number of halogens is 3. The zero-order chi connectivity index (χ0) is 14.6. The molecule has 104 valence electrons. The highest BCUT2D eigenvalue weighted by molar-refractivity contribution is 5.86. The maximum Gasteiger partial charge on any atom is 0.405 e. The van der Waals surface area contributed by atoms with E-state index in [1.54, 1.807) is 5.32 Å². The largest absolute Gasteiger partial charge is 0.477 e. The van der Waals surface area contributed by atoms with Crippen LogP contribution >= 0.6 is 0 Å². The number of carbonyl (C=O) groups excluding carboxylic acids is 1. The van der Waals surface area contributed by atoms with Gasteiger partial charge in [-0.2, -0.15) is 13.2 Å². The zero-order valence-electron chi connectivity index (χ0n) is 9.40. The number of carbonyl (C=O) groups is 2. The van der Waals surface area contributed by atoms with E-state index in [0.717, 1.165) is 12.1 Å². The second kappa shape index (κ2) is 5.55. The highest BCUT2D eigenvalue weighted by Gasteiger charge is 2.27. The number of pyridine rings is 1. The summed E-state index contributed by atoms with van der Waals surface area (Å²) in [6.07, 6.45) is -4.58. The first-order valence-electron chi connectivity index (χ1n) is 4.97. The van der Waals surface area contributed by atoms with Crippen molar-refractivity contribution in [3.05, 3.63) is 34.2 Å². The Balaban J connectivity index is 2.85. The maximum atomic E-state index is 11.9. The highest BCUT2D eigenvalue weighted by atomic mass is 19.4. The van der Waals surface area contributed by atoms with E-state index in [2.05, 4.69) is 0 Å². The molecule has 0 aliphatic heterocycles. The molecular formula is C10H9F3N2O4. The van der Waals surface area contributed by atoms with Crippen LogP contribution in [0, 0.1) is 0 Å². The molecule has 1 rings (SSSR count). The Labute approximate surface area is 104 Å². The molecular weight excluding hydrogens is 269 g/mol. The average molecular weight is 278 g/mol. The normalized spacial score (nSPS) is 11.1. The molecule has 0 aliphatic rings. The number of aromatic carboxylic acids is 1. The number of hydrogen-bond donors (Lipinski definition) is 2. The number of carboxylic acids is 1. The molecule has 0 fully saturated rings. The number of amides is 1. The summed E-state index contributed by atoms with van der Waals surface area (Å²) in [6.45, 7) is -2.34. The Bertz CT molecular complexity index is 550. The van der Waals surface area contributed by atoms with E-state index in [0.29, 0.717) is 4.57 Å². The summed E-state index contributed by atoms with van der Waals surface area (Å²) in [4.78, 5) is 33.4. The Hall–Kier alpha value is -2.32. The van der Waals surface area contributed by atoms with Gasteiger partial charge in [0.15, 0.2) is 0 Å². The van der Waals surface area contributed by atoms with Crippen LogP contribution in [0.3, 0.4) is 0 Å². The predicted molar refractivity (Wildman–Crippen MR) is 56.7 cm³/mol. The molecule has 2 N–H and O–H groups in total. The van der Waals surface area contributed by atoms with E-state index in [4.69, 9.17) is 5.11 Å². The van der Waals surface area contributed by atoms with Crippen molar-refractivity contribution in [3.63, 3.8) is 0 Å². The topological polar surface area (TPSA) is 88.4 Å². The smallest absolute Gasteiger partial charge is 0.405 e. The van der Waals surface area contributed by atoms with Crippen molar-refractivity contribution in [2.24, 2.45) is 0 Å². The monoisotopic (exact) mass is 278 g/mol. The van der Waals surface area contributed by atoms with Crippen molar-refractivity contribution in [1.82, 2.24) is 9.88 Å². The van der Waals surface area contributed by atoms with Gasteiger partial charge in [0, 0.05) is 6.07 Å². The van der Waals surface area contributed by atoms with Crippen molar-refractivity contribution >= 4 is 11.9 Å². The van der Waals surface area contributed by atoms with Gasteiger partial charge in [0.1, 0.15) is 18.8 Å². The van der Waals surface area contributed by atoms with Crippen molar-refractivity contribution < 1.29 is 27.9 Å². The van der Waals surface area contributed by atoms with Crippen molar-refractivity contribution in [3.8, 4) is 0 Å². The van der Waals surface area contributed by atoms with Gasteiger partial charge in [-0.15, -0.1) is 0 Å². The Morgan fingerprint density at radius 3 is 2.47 bits per heavy atom. The van der Waals surface area contributed by atoms with Gasteiger partial charge in [-0.05, 0) is 6.07 Å². The lowest BCUT2D eigenvalue weighted by atomic mass is 10.3. The second-order valence-corrected chi connectivity index (χ2v) is 3.53. The lowest BCUT2D eigenvalue weighted by Crippen LogP contribution is -2.38. The van der Waals surface area contributed by atoms with Crippen LogP contribution in [0.2, 0.25) is 0 Å². The highest BCUT2D eigenvalue weighted by Crippen LogP contribution is 2.12. The molecule has 0 spiro atoms. The summed E-state index contributed by atoms with van der Waals surface area (Å²) < 4.78 is 36.2. The molecule has 19 heavy (non-hydrogen) atoms. The molecule has 1 amide bonds. The number of rotatable bonds is 4. The molecule has 0 saturated carbocycles. The number of hydrogen-bond acceptors (Lipinski definition) is 3. The molecule has 0 unspecified atom stereocenters. The average Bonchev–Trinajstić information content (AvgIpc) is 2.28. The Kier molecular flexibility index (Phi) is 4.30. The zero-order valence-corrected chi connectivity index (χ0v) is 9.40. The van der Waals surface area contributed by atoms with Crippen molar-refractivity contribution in [1.29, 1.82) is 0 Å². The minimum Gasteiger partial charge on any atom is -0.477 e. The molecule has 0 bridgehead atoms. The van der Waals surface area contributed by atoms with Gasteiger partial charge >= 0.3 is 12.1 Å². The van der Waals surface area contributed by atoms with E-state index < -0.39 is 42.4 Å². The lowest BCUT2D eigenvalue weighted by molar-refractivity contribution is -0.138. The first-order valence-corrected chi connectivity index (χ1v) is 4.97. The number of carboxylic acid groups (broad SMARTS) is 1. The van der Waals surface area contributed by atoms with Gasteiger partial charge in [0.05, 0.1) is 0 Å². The summed E-state index contributed by atoms with van der Waals surface area (Å²) in [6, 6.07) is 3.25. The third-order valence-corrected chi connectivity index (χ3v) is 2.06. The summed E-state index contributed by atoms with van der Waals surface area (Å²) in [7, 11) is 0. The quantitative estimate of drug-likeness (QED) is 0.825. The van der Waals surface area contributed by atoms with Crippen LogP contribution in [-0.2, 0) is 11.3 Å². The van der Waals surface area contributed by atoms with Crippen molar-refractivity contribution in [2.75, 3.05) is 6.54 Å². The van der Waals surface area contributed by atoms with E-state index in [1.807, 2.05) is 0 Å². The van der Waals surface area contributed by atoms with E-state index in [9.17, 15) is 27.6 Å². The minimum absolute atomic E-state index is 0.477. The fourth-order valence-corrected chi connectivity index (χ4v) is 1.27. The van der Waals surface area contributed by atoms with Crippen LogP contribution < -0.4 is 10.9 Å². The summed E-state index contributed by atoms with van der Waals surface area (Å²) >= 11 is 0.